The molecule has 0 atom stereocenters. The van der Waals surface area contributed by atoms with Crippen molar-refractivity contribution >= 4 is 40.7 Å². The highest BCUT2D eigenvalue weighted by Gasteiger charge is 2.13. The van der Waals surface area contributed by atoms with E-state index >= 15 is 0 Å². The number of ketones is 1. The van der Waals surface area contributed by atoms with Crippen LogP contribution in [-0.4, -0.2) is 38.9 Å². The second-order valence-electron chi connectivity index (χ2n) is 5.31. The third-order valence-electron chi connectivity index (χ3n) is 3.56. The fraction of sp³-hybridized carbons (Fsp3) is 0.176. The van der Waals surface area contributed by atoms with E-state index in [2.05, 4.69) is 15.5 Å². The van der Waals surface area contributed by atoms with Crippen molar-refractivity contribution in [1.82, 2.24) is 20.2 Å². The number of aromatic nitrogens is 4. The summed E-state index contributed by atoms with van der Waals surface area (Å²) in [5, 5.41) is 13.0. The van der Waals surface area contributed by atoms with Crippen LogP contribution in [0.5, 0.6) is 5.75 Å². The number of nitrogens with zero attached hydrogens (tertiary/aromatic N) is 4. The monoisotopic (exact) mass is 408 g/mol. The van der Waals surface area contributed by atoms with E-state index in [0.29, 0.717) is 27.3 Å². The van der Waals surface area contributed by atoms with Crippen LogP contribution in [0.4, 0.5) is 0 Å². The summed E-state index contributed by atoms with van der Waals surface area (Å²) in [6, 6.07) is 12.5. The van der Waals surface area contributed by atoms with Gasteiger partial charge in [-0.2, -0.15) is 0 Å². The molecule has 6 nitrogen and oxygen atoms in total. The number of ether oxygens (including phenoxy) is 1. The van der Waals surface area contributed by atoms with Gasteiger partial charge >= 0.3 is 0 Å². The van der Waals surface area contributed by atoms with Crippen molar-refractivity contribution in [3.05, 3.63) is 63.6 Å². The number of hydrogen-bond donors (Lipinski definition) is 0. The summed E-state index contributed by atoms with van der Waals surface area (Å²) in [5.41, 5.74) is 1.52. The van der Waals surface area contributed by atoms with Gasteiger partial charge in [0.15, 0.2) is 5.78 Å². The zero-order valence-electron chi connectivity index (χ0n) is 13.7. The van der Waals surface area contributed by atoms with Gasteiger partial charge < -0.3 is 4.74 Å². The molecule has 1 aromatic heterocycles. The Kier molecular flexibility index (Phi) is 6.13. The lowest BCUT2D eigenvalue weighted by Gasteiger charge is -2.06. The Morgan fingerprint density at radius 3 is 2.62 bits per heavy atom. The summed E-state index contributed by atoms with van der Waals surface area (Å²) < 4.78 is 6.79. The lowest BCUT2D eigenvalue weighted by molar-refractivity contribution is 0.102. The third kappa shape index (κ3) is 4.55. The van der Waals surface area contributed by atoms with Crippen molar-refractivity contribution in [2.24, 2.45) is 0 Å². The highest BCUT2D eigenvalue weighted by Crippen LogP contribution is 2.24. The number of halogens is 2. The molecule has 26 heavy (non-hydrogen) atoms. The standard InChI is InChI=1S/C17H14Cl2N4O2S/c1-25-13-5-2-11(3-6-13)9-23-17(20-21-22-23)26-10-16(24)12-4-7-14(18)15(19)8-12/h2-8H,9-10H2,1H3. The third-order valence-corrected chi connectivity index (χ3v) is 5.26. The Balaban J connectivity index is 1.64. The van der Waals surface area contributed by atoms with Crippen molar-refractivity contribution in [3.8, 4) is 5.75 Å². The smallest absolute Gasteiger partial charge is 0.210 e. The lowest BCUT2D eigenvalue weighted by atomic mass is 10.1. The maximum absolute atomic E-state index is 12.3. The summed E-state index contributed by atoms with van der Waals surface area (Å²) in [7, 11) is 1.62. The average molecular weight is 409 g/mol. The SMILES string of the molecule is COc1ccc(Cn2nnnc2SCC(=O)c2ccc(Cl)c(Cl)c2)cc1. The quantitative estimate of drug-likeness (QED) is 0.434. The molecule has 0 aliphatic carbocycles. The Labute approximate surface area is 164 Å². The number of hydrogen-bond acceptors (Lipinski definition) is 6. The largest absolute Gasteiger partial charge is 0.497 e. The zero-order valence-corrected chi connectivity index (χ0v) is 16.1. The molecule has 0 saturated heterocycles. The summed E-state index contributed by atoms with van der Waals surface area (Å²) in [6.45, 7) is 0.500. The molecule has 1 heterocycles. The predicted octanol–water partition coefficient (Wildman–Crippen LogP) is 4.01. The normalized spacial score (nSPS) is 10.7. The first kappa shape index (κ1) is 18.7. The van der Waals surface area contributed by atoms with Crippen LogP contribution in [0.1, 0.15) is 15.9 Å². The molecule has 0 spiro atoms. The number of benzene rings is 2. The van der Waals surface area contributed by atoms with Gasteiger partial charge in [-0.15, -0.1) is 5.10 Å². The van der Waals surface area contributed by atoms with Crippen LogP contribution in [0.25, 0.3) is 0 Å². The fourth-order valence-corrected chi connectivity index (χ4v) is 3.26. The molecule has 134 valence electrons. The lowest BCUT2D eigenvalue weighted by Crippen LogP contribution is -2.07. The highest BCUT2D eigenvalue weighted by molar-refractivity contribution is 7.99. The van der Waals surface area contributed by atoms with Crippen LogP contribution < -0.4 is 4.74 Å². The number of carbonyl (C=O) groups excluding carboxylic acids is 1. The van der Waals surface area contributed by atoms with Gasteiger partial charge in [0.25, 0.3) is 0 Å². The minimum absolute atomic E-state index is 0.0763. The van der Waals surface area contributed by atoms with Crippen LogP contribution in [0.2, 0.25) is 10.0 Å². The van der Waals surface area contributed by atoms with Crippen LogP contribution in [-0.2, 0) is 6.54 Å². The van der Waals surface area contributed by atoms with Crippen LogP contribution in [0.3, 0.4) is 0 Å². The van der Waals surface area contributed by atoms with Crippen LogP contribution in [0.15, 0.2) is 47.6 Å². The molecular weight excluding hydrogens is 395 g/mol. The van der Waals surface area contributed by atoms with Gasteiger partial charge in [-0.3, -0.25) is 4.79 Å². The minimum atomic E-state index is -0.0763. The maximum Gasteiger partial charge on any atom is 0.210 e. The van der Waals surface area contributed by atoms with E-state index in [1.54, 1.807) is 30.0 Å². The Morgan fingerprint density at radius 2 is 1.92 bits per heavy atom. The Hall–Kier alpha value is -2.09. The number of methoxy groups -OCH3 is 1. The van der Waals surface area contributed by atoms with Gasteiger partial charge in [0.2, 0.25) is 5.16 Å². The summed E-state index contributed by atoms with van der Waals surface area (Å²) >= 11 is 13.1. The van der Waals surface area contributed by atoms with E-state index in [4.69, 9.17) is 27.9 Å². The molecule has 9 heteroatoms. The number of rotatable bonds is 7. The Morgan fingerprint density at radius 1 is 1.15 bits per heavy atom. The second-order valence-corrected chi connectivity index (χ2v) is 7.06. The van der Waals surface area contributed by atoms with Crippen molar-refractivity contribution in [2.75, 3.05) is 12.9 Å². The molecule has 0 aliphatic rings. The molecule has 2 aromatic carbocycles. The number of Topliss-reactive ketones (excluding diaryl/α,β-unsaturated/α-hetero) is 1. The molecule has 0 aliphatic heterocycles. The van der Waals surface area contributed by atoms with Gasteiger partial charge in [-0.25, -0.2) is 4.68 Å². The molecule has 0 unspecified atom stereocenters. The maximum atomic E-state index is 12.3. The van der Waals surface area contributed by atoms with E-state index in [-0.39, 0.29) is 11.5 Å². The summed E-state index contributed by atoms with van der Waals surface area (Å²) in [6.07, 6.45) is 0. The van der Waals surface area contributed by atoms with Crippen molar-refractivity contribution in [1.29, 1.82) is 0 Å². The molecule has 3 rings (SSSR count). The molecule has 0 amide bonds. The highest BCUT2D eigenvalue weighted by atomic mass is 35.5. The van der Waals surface area contributed by atoms with Crippen molar-refractivity contribution in [3.63, 3.8) is 0 Å². The van der Waals surface area contributed by atoms with Gasteiger partial charge in [0.05, 0.1) is 29.5 Å². The molecular formula is C17H14Cl2N4O2S. The summed E-state index contributed by atoms with van der Waals surface area (Å²) in [4.78, 5) is 12.3. The van der Waals surface area contributed by atoms with Gasteiger partial charge in [-0.1, -0.05) is 47.1 Å². The first-order chi connectivity index (χ1) is 12.6. The second kappa shape index (κ2) is 8.53. The van der Waals surface area contributed by atoms with E-state index in [1.807, 2.05) is 24.3 Å². The zero-order chi connectivity index (χ0) is 18.5. The molecule has 0 saturated carbocycles. The summed E-state index contributed by atoms with van der Waals surface area (Å²) in [5.74, 6) is 0.904. The number of tetrazole rings is 1. The molecule has 0 fully saturated rings. The Bertz CT molecular complexity index is 915. The number of thioether (sulfide) groups is 1. The van der Waals surface area contributed by atoms with E-state index < -0.39 is 0 Å². The molecule has 3 aromatic rings. The van der Waals surface area contributed by atoms with Crippen LogP contribution in [0, 0.1) is 0 Å². The fourth-order valence-electron chi connectivity index (χ4n) is 2.19. The minimum Gasteiger partial charge on any atom is -0.497 e. The van der Waals surface area contributed by atoms with E-state index in [9.17, 15) is 4.79 Å². The van der Waals surface area contributed by atoms with Crippen molar-refractivity contribution in [2.45, 2.75) is 11.7 Å². The number of carbonyl (C=O) groups is 1. The molecule has 0 bridgehead atoms. The van der Waals surface area contributed by atoms with Gasteiger partial charge in [0.1, 0.15) is 5.75 Å². The topological polar surface area (TPSA) is 69.9 Å². The predicted molar refractivity (Wildman–Crippen MR) is 101 cm³/mol. The van der Waals surface area contributed by atoms with E-state index in [1.165, 1.54) is 11.8 Å². The first-order valence-corrected chi connectivity index (χ1v) is 9.31. The van der Waals surface area contributed by atoms with Crippen LogP contribution >= 0.6 is 35.0 Å². The van der Waals surface area contributed by atoms with E-state index in [0.717, 1.165) is 11.3 Å². The van der Waals surface area contributed by atoms with Crippen molar-refractivity contribution < 1.29 is 9.53 Å². The first-order valence-electron chi connectivity index (χ1n) is 7.57. The van der Waals surface area contributed by atoms with Gasteiger partial charge in [0, 0.05) is 5.56 Å². The molecule has 0 radical (unpaired) electrons. The van der Waals surface area contributed by atoms with Gasteiger partial charge in [-0.05, 0) is 46.3 Å². The average Bonchev–Trinajstić information content (AvgIpc) is 3.09. The molecule has 0 N–H and O–H groups in total.